The number of nitrogens with one attached hydrogen (secondary N) is 2. The molecule has 2 N–H and O–H groups in total. The van der Waals surface area contributed by atoms with Gasteiger partial charge in [-0.3, -0.25) is 4.79 Å². The summed E-state index contributed by atoms with van der Waals surface area (Å²) in [6, 6.07) is 1.33. The van der Waals surface area contributed by atoms with Crippen molar-refractivity contribution in [2.75, 3.05) is 6.54 Å². The molecule has 2 saturated heterocycles. The van der Waals surface area contributed by atoms with Crippen LogP contribution in [0.2, 0.25) is 0 Å². The van der Waals surface area contributed by atoms with Crippen LogP contribution in [0, 0.1) is 5.92 Å². The van der Waals surface area contributed by atoms with E-state index in [0.717, 1.165) is 44.0 Å². The Hall–Kier alpha value is -0.850. The van der Waals surface area contributed by atoms with Crippen molar-refractivity contribution in [2.45, 2.75) is 89.3 Å². The predicted molar refractivity (Wildman–Crippen MR) is 111 cm³/mol. The number of hydrogen-bond donors (Lipinski definition) is 2. The van der Waals surface area contributed by atoms with Crippen LogP contribution in [0.5, 0.6) is 0 Å². The summed E-state index contributed by atoms with van der Waals surface area (Å²) in [6.45, 7) is 1.81. The molecule has 0 saturated carbocycles. The number of fused-ring (bicyclic) bond motifs is 3. The zero-order chi connectivity index (χ0) is 17.1. The third kappa shape index (κ3) is 5.81. The molecule has 4 rings (SSSR count). The Kier molecular flexibility index (Phi) is 8.83. The Balaban J connectivity index is 0.00000131. The number of hydrogen-bond acceptors (Lipinski definition) is 4. The van der Waals surface area contributed by atoms with Gasteiger partial charge in [0.2, 0.25) is 5.91 Å². The van der Waals surface area contributed by atoms with Crippen LogP contribution >= 0.6 is 24.8 Å². The Bertz CT molecular complexity index is 597. The summed E-state index contributed by atoms with van der Waals surface area (Å²) in [5.41, 5.74) is 0. The molecule has 0 aliphatic carbocycles. The van der Waals surface area contributed by atoms with Gasteiger partial charge in [-0.15, -0.1) is 35.0 Å². The summed E-state index contributed by atoms with van der Waals surface area (Å²) in [4.78, 5) is 12.2. The molecule has 0 spiro atoms. The van der Waals surface area contributed by atoms with E-state index in [0.29, 0.717) is 24.4 Å². The van der Waals surface area contributed by atoms with Gasteiger partial charge in [0, 0.05) is 44.4 Å². The van der Waals surface area contributed by atoms with Crippen molar-refractivity contribution in [2.24, 2.45) is 5.92 Å². The van der Waals surface area contributed by atoms with Gasteiger partial charge < -0.3 is 15.2 Å². The minimum Gasteiger partial charge on any atom is -0.356 e. The average molecular weight is 418 g/mol. The van der Waals surface area contributed by atoms with Gasteiger partial charge in [0.1, 0.15) is 11.6 Å². The van der Waals surface area contributed by atoms with Gasteiger partial charge in [-0.05, 0) is 50.9 Å². The molecule has 1 amide bonds. The highest BCUT2D eigenvalue weighted by Gasteiger charge is 2.34. The lowest BCUT2D eigenvalue weighted by Crippen LogP contribution is -2.39. The minimum absolute atomic E-state index is 0. The van der Waals surface area contributed by atoms with Gasteiger partial charge >= 0.3 is 0 Å². The van der Waals surface area contributed by atoms with Crippen LogP contribution in [0.15, 0.2) is 0 Å². The third-order valence-electron chi connectivity index (χ3n) is 6.13. The number of aryl methyl sites for hydroxylation is 2. The molecule has 3 aliphatic heterocycles. The van der Waals surface area contributed by atoms with Gasteiger partial charge in [-0.1, -0.05) is 6.42 Å². The molecule has 2 unspecified atom stereocenters. The Morgan fingerprint density at radius 3 is 2.67 bits per heavy atom. The molecule has 2 bridgehead atoms. The van der Waals surface area contributed by atoms with Crippen LogP contribution in [0.4, 0.5) is 0 Å². The van der Waals surface area contributed by atoms with E-state index in [4.69, 9.17) is 0 Å². The average Bonchev–Trinajstić information content (AvgIpc) is 3.05. The Morgan fingerprint density at radius 2 is 1.89 bits per heavy atom. The summed E-state index contributed by atoms with van der Waals surface area (Å²) in [7, 11) is 0. The van der Waals surface area contributed by atoms with Gasteiger partial charge in [-0.25, -0.2) is 0 Å². The zero-order valence-electron chi connectivity index (χ0n) is 16.0. The van der Waals surface area contributed by atoms with Crippen molar-refractivity contribution >= 4 is 30.7 Å². The molecule has 1 aromatic rings. The summed E-state index contributed by atoms with van der Waals surface area (Å²) >= 11 is 0. The van der Waals surface area contributed by atoms with E-state index in [1.54, 1.807) is 0 Å². The molecule has 154 valence electrons. The molecular formula is C19H33Cl2N5O. The van der Waals surface area contributed by atoms with Crippen molar-refractivity contribution in [1.82, 2.24) is 25.4 Å². The molecule has 2 atom stereocenters. The minimum atomic E-state index is 0. The molecule has 0 aromatic carbocycles. The van der Waals surface area contributed by atoms with E-state index in [9.17, 15) is 4.79 Å². The van der Waals surface area contributed by atoms with Crippen LogP contribution in [0.25, 0.3) is 0 Å². The molecule has 3 aliphatic rings. The van der Waals surface area contributed by atoms with Gasteiger partial charge in [0.15, 0.2) is 0 Å². The molecule has 4 heterocycles. The van der Waals surface area contributed by atoms with E-state index in [2.05, 4.69) is 25.4 Å². The second-order valence-electron chi connectivity index (χ2n) is 8.13. The normalized spacial score (nSPS) is 26.3. The third-order valence-corrected chi connectivity index (χ3v) is 6.13. The first-order valence-electron chi connectivity index (χ1n) is 10.2. The maximum Gasteiger partial charge on any atom is 0.220 e. The lowest BCUT2D eigenvalue weighted by Gasteiger charge is -2.28. The zero-order valence-corrected chi connectivity index (χ0v) is 17.6. The standard InChI is InChI=1S/C19H31N5O.2ClH/c25-19(13-14-11-15-7-8-16(12-14)21-15)20-9-4-6-18-23-22-17-5-2-1-3-10-24(17)18;;/h14-16,21H,1-13H2,(H,20,25);2*1H. The van der Waals surface area contributed by atoms with Crippen molar-refractivity contribution in [3.05, 3.63) is 11.6 Å². The van der Waals surface area contributed by atoms with Crippen molar-refractivity contribution in [3.63, 3.8) is 0 Å². The Labute approximate surface area is 174 Å². The summed E-state index contributed by atoms with van der Waals surface area (Å²) < 4.78 is 2.31. The smallest absolute Gasteiger partial charge is 0.220 e. The van der Waals surface area contributed by atoms with Crippen LogP contribution in [-0.2, 0) is 24.2 Å². The molecule has 27 heavy (non-hydrogen) atoms. The van der Waals surface area contributed by atoms with Crippen molar-refractivity contribution < 1.29 is 4.79 Å². The highest BCUT2D eigenvalue weighted by Crippen LogP contribution is 2.32. The fourth-order valence-corrected chi connectivity index (χ4v) is 4.88. The van der Waals surface area contributed by atoms with E-state index in [-0.39, 0.29) is 30.7 Å². The number of carbonyl (C=O) groups excluding carboxylic acids is 1. The number of piperidine rings is 1. The van der Waals surface area contributed by atoms with E-state index in [1.165, 1.54) is 44.9 Å². The number of halogens is 2. The van der Waals surface area contributed by atoms with Crippen LogP contribution in [-0.4, -0.2) is 39.3 Å². The summed E-state index contributed by atoms with van der Waals surface area (Å²) in [5, 5.41) is 15.5. The molecule has 0 radical (unpaired) electrons. The molecular weight excluding hydrogens is 385 g/mol. The van der Waals surface area contributed by atoms with Crippen LogP contribution in [0.3, 0.4) is 0 Å². The second kappa shape index (κ2) is 10.6. The van der Waals surface area contributed by atoms with Crippen LogP contribution < -0.4 is 10.6 Å². The summed E-state index contributed by atoms with van der Waals surface area (Å²) in [6.07, 6.45) is 12.3. The van der Waals surface area contributed by atoms with Crippen LogP contribution in [0.1, 0.15) is 69.4 Å². The van der Waals surface area contributed by atoms with E-state index >= 15 is 0 Å². The van der Waals surface area contributed by atoms with Gasteiger partial charge in [-0.2, -0.15) is 0 Å². The maximum absolute atomic E-state index is 12.2. The molecule has 2 fully saturated rings. The highest BCUT2D eigenvalue weighted by atomic mass is 35.5. The van der Waals surface area contributed by atoms with E-state index in [1.807, 2.05) is 0 Å². The predicted octanol–water partition coefficient (Wildman–Crippen LogP) is 2.82. The Morgan fingerprint density at radius 1 is 1.11 bits per heavy atom. The first-order chi connectivity index (χ1) is 12.3. The second-order valence-corrected chi connectivity index (χ2v) is 8.13. The first kappa shape index (κ1) is 22.4. The maximum atomic E-state index is 12.2. The number of nitrogens with zero attached hydrogens (tertiary/aromatic N) is 3. The molecule has 8 heteroatoms. The largest absolute Gasteiger partial charge is 0.356 e. The van der Waals surface area contributed by atoms with Crippen molar-refractivity contribution in [3.8, 4) is 0 Å². The SMILES string of the molecule is Cl.Cl.O=C(CC1CC2CCC(C1)N2)NCCCc1nnc2n1CCCCC2. The quantitative estimate of drug-likeness (QED) is 0.697. The lowest BCUT2D eigenvalue weighted by atomic mass is 9.89. The lowest BCUT2D eigenvalue weighted by molar-refractivity contribution is -0.122. The summed E-state index contributed by atoms with van der Waals surface area (Å²) in [5.74, 6) is 3.05. The van der Waals surface area contributed by atoms with Gasteiger partial charge in [0.05, 0.1) is 0 Å². The van der Waals surface area contributed by atoms with Gasteiger partial charge in [0.25, 0.3) is 0 Å². The number of aromatic nitrogens is 3. The number of amides is 1. The number of carbonyl (C=O) groups is 1. The monoisotopic (exact) mass is 417 g/mol. The molecule has 6 nitrogen and oxygen atoms in total. The highest BCUT2D eigenvalue weighted by molar-refractivity contribution is 5.85. The van der Waals surface area contributed by atoms with Crippen molar-refractivity contribution in [1.29, 1.82) is 0 Å². The first-order valence-corrected chi connectivity index (χ1v) is 10.2. The number of rotatable bonds is 6. The topological polar surface area (TPSA) is 71.8 Å². The molecule has 1 aromatic heterocycles. The van der Waals surface area contributed by atoms with E-state index < -0.39 is 0 Å². The fraction of sp³-hybridized carbons (Fsp3) is 0.842. The fourth-order valence-electron chi connectivity index (χ4n) is 4.88.